The van der Waals surface area contributed by atoms with Crippen LogP contribution in [0.1, 0.15) is 93.4 Å². The molecule has 2 aliphatic carbocycles. The Bertz CT molecular complexity index is 527. The predicted octanol–water partition coefficient (Wildman–Crippen LogP) is 4.77. The van der Waals surface area contributed by atoms with Crippen LogP contribution in [0.4, 0.5) is 0 Å². The molecule has 4 nitrogen and oxygen atoms in total. The van der Waals surface area contributed by atoms with Gasteiger partial charge >= 0.3 is 5.97 Å². The van der Waals surface area contributed by atoms with Crippen molar-refractivity contribution in [1.29, 1.82) is 0 Å². The number of carbonyl (C=O) groups excluding carboxylic acids is 1. The summed E-state index contributed by atoms with van der Waals surface area (Å²) in [6.07, 6.45) is 5.54. The first-order chi connectivity index (χ1) is 11.5. The van der Waals surface area contributed by atoms with Gasteiger partial charge in [0, 0.05) is 10.8 Å². The lowest BCUT2D eigenvalue weighted by Crippen LogP contribution is -2.64. The zero-order chi connectivity index (χ0) is 20.2. The first kappa shape index (κ1) is 22.4. The molecule has 3 unspecified atom stereocenters. The van der Waals surface area contributed by atoms with Crippen LogP contribution < -0.4 is 0 Å². The number of alkyl halides is 1. The third kappa shape index (κ3) is 3.82. The molecular formula is C21H37IO4. The fourth-order valence-corrected chi connectivity index (χ4v) is 5.52. The molecule has 0 aromatic rings. The molecule has 26 heavy (non-hydrogen) atoms. The maximum absolute atomic E-state index is 12.8. The summed E-state index contributed by atoms with van der Waals surface area (Å²) in [4.78, 5) is 12.8. The van der Waals surface area contributed by atoms with Gasteiger partial charge in [-0.2, -0.15) is 0 Å². The molecule has 2 saturated carbocycles. The molecule has 0 aromatic heterocycles. The van der Waals surface area contributed by atoms with E-state index in [1.54, 1.807) is 0 Å². The first-order valence-electron chi connectivity index (χ1n) is 9.89. The molecular weight excluding hydrogens is 443 g/mol. The van der Waals surface area contributed by atoms with Crippen LogP contribution in [0.3, 0.4) is 0 Å². The zero-order valence-corrected chi connectivity index (χ0v) is 19.7. The van der Waals surface area contributed by atoms with Crippen LogP contribution in [0.5, 0.6) is 0 Å². The summed E-state index contributed by atoms with van der Waals surface area (Å²) in [5.74, 6) is -0.195. The summed E-state index contributed by atoms with van der Waals surface area (Å²) in [7, 11) is 0. The van der Waals surface area contributed by atoms with E-state index in [9.17, 15) is 15.0 Å². The Morgan fingerprint density at radius 2 is 1.42 bits per heavy atom. The van der Waals surface area contributed by atoms with Crippen molar-refractivity contribution in [3.63, 3.8) is 0 Å². The Labute approximate surface area is 172 Å². The van der Waals surface area contributed by atoms with Gasteiger partial charge in [0.25, 0.3) is 0 Å². The number of ether oxygens (including phenoxy) is 1. The minimum atomic E-state index is -0.892. The van der Waals surface area contributed by atoms with Gasteiger partial charge < -0.3 is 14.9 Å². The third-order valence-electron chi connectivity index (χ3n) is 7.44. The Hall–Kier alpha value is 0.120. The highest BCUT2D eigenvalue weighted by Gasteiger charge is 2.64. The fraction of sp³-hybridized carbons (Fsp3) is 0.952. The Balaban J connectivity index is 2.47. The number of fused-ring (bicyclic) bond motifs is 2. The summed E-state index contributed by atoms with van der Waals surface area (Å²) in [6.45, 7) is 13.4. The molecule has 152 valence electrons. The van der Waals surface area contributed by atoms with Crippen molar-refractivity contribution >= 4 is 28.6 Å². The lowest BCUT2D eigenvalue weighted by atomic mass is 9.44. The van der Waals surface area contributed by atoms with Crippen molar-refractivity contribution in [3.05, 3.63) is 0 Å². The van der Waals surface area contributed by atoms with Gasteiger partial charge in [0.15, 0.2) is 0 Å². The molecule has 0 aromatic carbocycles. The smallest absolute Gasteiger partial charge is 0.322 e. The minimum Gasteiger partial charge on any atom is -0.458 e. The highest BCUT2D eigenvalue weighted by molar-refractivity contribution is 14.1. The molecule has 0 amide bonds. The number of aliphatic hydroxyl groups is 2. The molecule has 0 radical (unpaired) electrons. The minimum absolute atomic E-state index is 0.195. The van der Waals surface area contributed by atoms with E-state index in [1.807, 2.05) is 48.5 Å². The third-order valence-corrected chi connectivity index (χ3v) is 8.64. The summed E-state index contributed by atoms with van der Waals surface area (Å²) < 4.78 is 5.58. The average molecular weight is 480 g/mol. The number of esters is 1. The van der Waals surface area contributed by atoms with Crippen LogP contribution in [0.15, 0.2) is 0 Å². The zero-order valence-electron chi connectivity index (χ0n) is 17.5. The molecule has 2 aliphatic rings. The Morgan fingerprint density at radius 1 is 1.00 bits per heavy atom. The van der Waals surface area contributed by atoms with Crippen molar-refractivity contribution in [2.45, 2.75) is 114 Å². The van der Waals surface area contributed by atoms with Gasteiger partial charge in [0.05, 0.1) is 11.2 Å². The normalized spacial score (nSPS) is 37.8. The monoisotopic (exact) mass is 480 g/mol. The molecule has 2 N–H and O–H groups in total. The van der Waals surface area contributed by atoms with E-state index in [1.165, 1.54) is 0 Å². The quantitative estimate of drug-likeness (QED) is 0.338. The van der Waals surface area contributed by atoms with Crippen LogP contribution in [0.25, 0.3) is 0 Å². The van der Waals surface area contributed by atoms with Gasteiger partial charge in [0.2, 0.25) is 0 Å². The van der Waals surface area contributed by atoms with E-state index >= 15 is 0 Å². The number of hydrogen-bond acceptors (Lipinski definition) is 4. The van der Waals surface area contributed by atoms with E-state index in [-0.39, 0.29) is 16.8 Å². The molecule has 2 rings (SSSR count). The first-order valence-corrected chi connectivity index (χ1v) is 11.0. The van der Waals surface area contributed by atoms with Crippen molar-refractivity contribution in [2.75, 3.05) is 0 Å². The summed E-state index contributed by atoms with van der Waals surface area (Å²) >= 11 is 2.17. The summed E-state index contributed by atoms with van der Waals surface area (Å²) in [5.41, 5.74) is -3.18. The number of hydrogen-bond donors (Lipinski definition) is 2. The summed E-state index contributed by atoms with van der Waals surface area (Å²) in [6, 6.07) is 0. The van der Waals surface area contributed by atoms with Crippen molar-refractivity contribution in [3.8, 4) is 0 Å². The van der Waals surface area contributed by atoms with Crippen LogP contribution in [0, 0.1) is 10.8 Å². The molecule has 0 spiro atoms. The van der Waals surface area contributed by atoms with Crippen LogP contribution >= 0.6 is 22.6 Å². The number of halogens is 1. The SMILES string of the molecule is CCC(C)(I)C(=O)OC1(C)CC2(C(C)(C)O)CCCC(C(C)(C)O)(C1)C2. The lowest BCUT2D eigenvalue weighted by Gasteiger charge is -2.64. The molecule has 0 aliphatic heterocycles. The highest BCUT2D eigenvalue weighted by atomic mass is 127. The standard InChI is InChI=1S/C21H37IO4/c1-8-19(7,22)15(23)26-18(6)12-20(16(2,3)24)10-9-11-21(13-18,14-20)17(4,5)25/h24-25H,8-14H2,1-7H3. The van der Waals surface area contributed by atoms with Crippen LogP contribution in [-0.4, -0.2) is 36.4 Å². The topological polar surface area (TPSA) is 66.8 Å². The second kappa shape index (κ2) is 6.58. The van der Waals surface area contributed by atoms with Gasteiger partial charge in [-0.15, -0.1) is 0 Å². The van der Waals surface area contributed by atoms with Gasteiger partial charge in [-0.25, -0.2) is 0 Å². The van der Waals surface area contributed by atoms with Gasteiger partial charge in [0.1, 0.15) is 9.02 Å². The van der Waals surface area contributed by atoms with Crippen LogP contribution in [-0.2, 0) is 9.53 Å². The van der Waals surface area contributed by atoms with Gasteiger partial charge in [-0.05, 0) is 80.1 Å². The number of rotatable bonds is 5. The Kier molecular flexibility index (Phi) is 5.67. The second-order valence-corrected chi connectivity index (χ2v) is 12.8. The molecule has 3 atom stereocenters. The van der Waals surface area contributed by atoms with Crippen molar-refractivity contribution in [1.82, 2.24) is 0 Å². The predicted molar refractivity (Wildman–Crippen MR) is 112 cm³/mol. The van der Waals surface area contributed by atoms with E-state index < -0.39 is 20.2 Å². The fourth-order valence-electron chi connectivity index (χ4n) is 5.41. The molecule has 5 heteroatoms. The molecule has 2 fully saturated rings. The maximum atomic E-state index is 12.8. The van der Waals surface area contributed by atoms with E-state index in [2.05, 4.69) is 22.6 Å². The largest absolute Gasteiger partial charge is 0.458 e. The summed E-state index contributed by atoms with van der Waals surface area (Å²) in [5, 5.41) is 22.1. The van der Waals surface area contributed by atoms with Crippen LogP contribution in [0.2, 0.25) is 0 Å². The second-order valence-electron chi connectivity index (χ2n) is 10.5. The average Bonchev–Trinajstić information content (AvgIpc) is 2.43. The van der Waals surface area contributed by atoms with Gasteiger partial charge in [-0.3, -0.25) is 4.79 Å². The van der Waals surface area contributed by atoms with E-state index in [4.69, 9.17) is 4.74 Å². The van der Waals surface area contributed by atoms with Gasteiger partial charge in [-0.1, -0.05) is 35.9 Å². The van der Waals surface area contributed by atoms with E-state index in [0.717, 1.165) is 25.7 Å². The Morgan fingerprint density at radius 3 is 1.77 bits per heavy atom. The van der Waals surface area contributed by atoms with Crippen molar-refractivity contribution < 1.29 is 19.7 Å². The lowest BCUT2D eigenvalue weighted by molar-refractivity contribution is -0.240. The molecule has 2 bridgehead atoms. The maximum Gasteiger partial charge on any atom is 0.322 e. The van der Waals surface area contributed by atoms with Crippen molar-refractivity contribution in [2.24, 2.45) is 10.8 Å². The highest BCUT2D eigenvalue weighted by Crippen LogP contribution is 2.66. The number of carbonyl (C=O) groups is 1. The van der Waals surface area contributed by atoms with E-state index in [0.29, 0.717) is 19.3 Å². The molecule has 0 heterocycles. The molecule has 0 saturated heterocycles.